The van der Waals surface area contributed by atoms with Gasteiger partial charge in [0.25, 0.3) is 0 Å². The quantitative estimate of drug-likeness (QED) is 0.842. The van der Waals surface area contributed by atoms with E-state index < -0.39 is 17.8 Å². The molecule has 1 aromatic carbocycles. The minimum Gasteiger partial charge on any atom is -0.465 e. The second-order valence-electron chi connectivity index (χ2n) is 4.21. The molecule has 1 amide bonds. The SMILES string of the molecule is O=C(c1ccc(Cl)c(F)c1)[C@@H]1CCN(C(=O)O)C1. The molecule has 1 aliphatic rings. The molecule has 1 fully saturated rings. The fraction of sp³-hybridized carbons (Fsp3) is 0.333. The maximum Gasteiger partial charge on any atom is 0.407 e. The molecule has 1 N–H and O–H groups in total. The van der Waals surface area contributed by atoms with Crippen molar-refractivity contribution in [3.05, 3.63) is 34.6 Å². The average Bonchev–Trinajstić information content (AvgIpc) is 2.81. The third-order valence-corrected chi connectivity index (χ3v) is 3.34. The first-order valence-corrected chi connectivity index (χ1v) is 5.84. The zero-order valence-electron chi connectivity index (χ0n) is 9.40. The normalized spacial score (nSPS) is 19.0. The van der Waals surface area contributed by atoms with E-state index in [0.717, 1.165) is 6.07 Å². The summed E-state index contributed by atoms with van der Waals surface area (Å²) >= 11 is 5.54. The lowest BCUT2D eigenvalue weighted by atomic mass is 9.97. The van der Waals surface area contributed by atoms with E-state index >= 15 is 0 Å². The molecule has 0 aliphatic carbocycles. The van der Waals surface area contributed by atoms with Crippen LogP contribution in [0.2, 0.25) is 5.02 Å². The van der Waals surface area contributed by atoms with Gasteiger partial charge in [0.1, 0.15) is 5.82 Å². The molecule has 96 valence electrons. The molecule has 6 heteroatoms. The first-order valence-electron chi connectivity index (χ1n) is 5.46. The largest absolute Gasteiger partial charge is 0.465 e. The van der Waals surface area contributed by atoms with Crippen molar-refractivity contribution in [2.24, 2.45) is 5.92 Å². The Kier molecular flexibility index (Phi) is 3.52. The highest BCUT2D eigenvalue weighted by molar-refractivity contribution is 6.30. The molecular weight excluding hydrogens is 261 g/mol. The second kappa shape index (κ2) is 4.94. The van der Waals surface area contributed by atoms with Crippen LogP contribution >= 0.6 is 11.6 Å². The highest BCUT2D eigenvalue weighted by atomic mass is 35.5. The Bertz CT molecular complexity index is 506. The van der Waals surface area contributed by atoms with Crippen molar-refractivity contribution < 1.29 is 19.1 Å². The van der Waals surface area contributed by atoms with E-state index in [1.54, 1.807) is 0 Å². The number of likely N-dealkylation sites (tertiary alicyclic amines) is 1. The summed E-state index contributed by atoms with van der Waals surface area (Å²) in [5.74, 6) is -1.29. The maximum absolute atomic E-state index is 13.2. The zero-order valence-corrected chi connectivity index (χ0v) is 10.2. The van der Waals surface area contributed by atoms with E-state index in [9.17, 15) is 14.0 Å². The predicted molar refractivity (Wildman–Crippen MR) is 63.4 cm³/mol. The number of nitrogens with zero attached hydrogens (tertiary/aromatic N) is 1. The Hall–Kier alpha value is -1.62. The average molecular weight is 272 g/mol. The molecule has 0 aromatic heterocycles. The van der Waals surface area contributed by atoms with Crippen LogP contribution in [0.1, 0.15) is 16.8 Å². The van der Waals surface area contributed by atoms with Crippen LogP contribution in [-0.2, 0) is 0 Å². The second-order valence-corrected chi connectivity index (χ2v) is 4.61. The molecule has 1 aliphatic heterocycles. The summed E-state index contributed by atoms with van der Waals surface area (Å²) in [6.45, 7) is 0.500. The molecule has 0 spiro atoms. The number of halogens is 2. The number of hydrogen-bond acceptors (Lipinski definition) is 2. The molecular formula is C12H11ClFNO3. The van der Waals surface area contributed by atoms with Gasteiger partial charge in [-0.05, 0) is 24.6 Å². The fourth-order valence-corrected chi connectivity index (χ4v) is 2.15. The number of rotatable bonds is 2. The summed E-state index contributed by atoms with van der Waals surface area (Å²) < 4.78 is 13.2. The number of ketones is 1. The molecule has 0 unspecified atom stereocenters. The summed E-state index contributed by atoms with van der Waals surface area (Å²) in [5.41, 5.74) is 0.231. The van der Waals surface area contributed by atoms with E-state index in [-0.39, 0.29) is 22.9 Å². The van der Waals surface area contributed by atoms with Crippen LogP contribution in [0.5, 0.6) is 0 Å². The lowest BCUT2D eigenvalue weighted by Gasteiger charge is -2.11. The first-order chi connectivity index (χ1) is 8.49. The number of carbonyl (C=O) groups is 2. The van der Waals surface area contributed by atoms with Crippen LogP contribution < -0.4 is 0 Å². The molecule has 4 nitrogen and oxygen atoms in total. The smallest absolute Gasteiger partial charge is 0.407 e. The van der Waals surface area contributed by atoms with Gasteiger partial charge in [0, 0.05) is 24.6 Å². The Morgan fingerprint density at radius 3 is 2.72 bits per heavy atom. The number of benzene rings is 1. The van der Waals surface area contributed by atoms with E-state index in [4.69, 9.17) is 16.7 Å². The molecule has 1 saturated heterocycles. The lowest BCUT2D eigenvalue weighted by Crippen LogP contribution is -2.28. The molecule has 0 saturated carbocycles. The number of carbonyl (C=O) groups excluding carboxylic acids is 1. The molecule has 1 aromatic rings. The number of hydrogen-bond donors (Lipinski definition) is 1. The monoisotopic (exact) mass is 271 g/mol. The van der Waals surface area contributed by atoms with Gasteiger partial charge >= 0.3 is 6.09 Å². The van der Waals surface area contributed by atoms with Crippen molar-refractivity contribution in [1.29, 1.82) is 0 Å². The topological polar surface area (TPSA) is 57.6 Å². The number of carboxylic acid groups (broad SMARTS) is 1. The Morgan fingerprint density at radius 1 is 1.44 bits per heavy atom. The highest BCUT2D eigenvalue weighted by Gasteiger charge is 2.31. The van der Waals surface area contributed by atoms with Gasteiger partial charge in [-0.1, -0.05) is 11.6 Å². The van der Waals surface area contributed by atoms with Crippen molar-refractivity contribution in [1.82, 2.24) is 4.90 Å². The first kappa shape index (κ1) is 12.8. The molecule has 1 heterocycles. The standard InChI is InChI=1S/C12H11ClFNO3/c13-9-2-1-7(5-10(9)14)11(16)8-3-4-15(6-8)12(17)18/h1-2,5,8H,3-4,6H2,(H,17,18)/t8-/m1/s1. The Balaban J connectivity index is 2.12. The summed E-state index contributed by atoms with van der Waals surface area (Å²) in [6.07, 6.45) is -0.567. The van der Waals surface area contributed by atoms with Crippen LogP contribution in [0.4, 0.5) is 9.18 Å². The molecule has 1 atom stereocenters. The van der Waals surface area contributed by atoms with Gasteiger partial charge in [0.05, 0.1) is 5.02 Å². The van der Waals surface area contributed by atoms with Crippen LogP contribution in [-0.4, -0.2) is 35.0 Å². The number of Topliss-reactive ketones (excluding diaryl/α,β-unsaturated/α-hetero) is 1. The van der Waals surface area contributed by atoms with Gasteiger partial charge in [-0.3, -0.25) is 4.79 Å². The highest BCUT2D eigenvalue weighted by Crippen LogP contribution is 2.23. The molecule has 0 bridgehead atoms. The van der Waals surface area contributed by atoms with Crippen molar-refractivity contribution >= 4 is 23.5 Å². The summed E-state index contributed by atoms with van der Waals surface area (Å²) in [6, 6.07) is 3.87. The van der Waals surface area contributed by atoms with E-state index in [2.05, 4.69) is 0 Å². The van der Waals surface area contributed by atoms with Crippen molar-refractivity contribution in [2.75, 3.05) is 13.1 Å². The van der Waals surface area contributed by atoms with Crippen LogP contribution in [0.3, 0.4) is 0 Å². The van der Waals surface area contributed by atoms with Crippen molar-refractivity contribution in [3.8, 4) is 0 Å². The number of amides is 1. The third kappa shape index (κ3) is 2.46. The van der Waals surface area contributed by atoms with Crippen LogP contribution in [0.15, 0.2) is 18.2 Å². The van der Waals surface area contributed by atoms with Gasteiger partial charge in [-0.25, -0.2) is 9.18 Å². The molecule has 2 rings (SSSR count). The van der Waals surface area contributed by atoms with Gasteiger partial charge < -0.3 is 10.0 Å². The summed E-state index contributed by atoms with van der Waals surface area (Å²) in [5, 5.41) is 8.76. The van der Waals surface area contributed by atoms with Gasteiger partial charge in [-0.15, -0.1) is 0 Å². The summed E-state index contributed by atoms with van der Waals surface area (Å²) in [4.78, 5) is 24.0. The molecule has 0 radical (unpaired) electrons. The van der Waals surface area contributed by atoms with Crippen molar-refractivity contribution in [3.63, 3.8) is 0 Å². The maximum atomic E-state index is 13.2. The zero-order chi connectivity index (χ0) is 13.3. The lowest BCUT2D eigenvalue weighted by molar-refractivity contribution is 0.0921. The third-order valence-electron chi connectivity index (χ3n) is 3.03. The summed E-state index contributed by atoms with van der Waals surface area (Å²) in [7, 11) is 0. The minimum atomic E-state index is -1.03. The fourth-order valence-electron chi connectivity index (χ4n) is 2.03. The Labute approximate surface area is 108 Å². The minimum absolute atomic E-state index is 0.0369. The van der Waals surface area contributed by atoms with Gasteiger partial charge in [0.15, 0.2) is 5.78 Å². The van der Waals surface area contributed by atoms with E-state index in [0.29, 0.717) is 13.0 Å². The Morgan fingerprint density at radius 2 is 2.17 bits per heavy atom. The predicted octanol–water partition coefficient (Wildman–Crippen LogP) is 2.66. The van der Waals surface area contributed by atoms with Crippen molar-refractivity contribution in [2.45, 2.75) is 6.42 Å². The van der Waals surface area contributed by atoms with Gasteiger partial charge in [-0.2, -0.15) is 0 Å². The van der Waals surface area contributed by atoms with Crippen LogP contribution in [0.25, 0.3) is 0 Å². The van der Waals surface area contributed by atoms with Crippen LogP contribution in [0, 0.1) is 11.7 Å². The molecule has 18 heavy (non-hydrogen) atoms. The van der Waals surface area contributed by atoms with Gasteiger partial charge in [0.2, 0.25) is 0 Å². The van der Waals surface area contributed by atoms with E-state index in [1.165, 1.54) is 17.0 Å². The van der Waals surface area contributed by atoms with E-state index in [1.807, 2.05) is 0 Å².